The summed E-state index contributed by atoms with van der Waals surface area (Å²) >= 11 is 1.54. The molecule has 0 saturated carbocycles. The second-order valence-corrected chi connectivity index (χ2v) is 5.79. The van der Waals surface area contributed by atoms with Crippen LogP contribution in [0.2, 0.25) is 0 Å². The van der Waals surface area contributed by atoms with Gasteiger partial charge in [-0.05, 0) is 28.5 Å². The molecule has 2 nitrogen and oxygen atoms in total. The van der Waals surface area contributed by atoms with Crippen LogP contribution in [0, 0.1) is 0 Å². The van der Waals surface area contributed by atoms with Gasteiger partial charge in [0.25, 0.3) is 0 Å². The molecule has 0 atom stereocenters. The van der Waals surface area contributed by atoms with E-state index in [0.717, 1.165) is 4.90 Å². The summed E-state index contributed by atoms with van der Waals surface area (Å²) in [6.07, 6.45) is 1.53. The van der Waals surface area contributed by atoms with E-state index in [1.807, 2.05) is 0 Å². The van der Waals surface area contributed by atoms with Gasteiger partial charge in [-0.1, -0.05) is 44.7 Å². The molecule has 0 radical (unpaired) electrons. The molecule has 0 aliphatic heterocycles. The zero-order valence-electron chi connectivity index (χ0n) is 10.8. The van der Waals surface area contributed by atoms with Gasteiger partial charge in [0.2, 0.25) is 5.91 Å². The average molecular weight is 249 g/mol. The van der Waals surface area contributed by atoms with Gasteiger partial charge in [0.05, 0.1) is 0 Å². The highest BCUT2D eigenvalue weighted by Gasteiger charge is 2.12. The lowest BCUT2D eigenvalue weighted by Gasteiger charge is -2.18. The van der Waals surface area contributed by atoms with E-state index in [9.17, 15) is 4.79 Å². The maximum atomic E-state index is 11.0. The number of carbonyl (C=O) groups is 1. The van der Waals surface area contributed by atoms with Crippen molar-refractivity contribution in [2.24, 2.45) is 0 Å². The Bertz CT molecular complexity index is 401. The first-order valence-corrected chi connectivity index (χ1v) is 6.47. The van der Waals surface area contributed by atoms with Crippen molar-refractivity contribution in [3.05, 3.63) is 41.3 Å². The topological polar surface area (TPSA) is 29.1 Å². The first kappa shape index (κ1) is 13.8. The molecular formula is C14H19NOS. The quantitative estimate of drug-likeness (QED) is 0.657. The Hall–Kier alpha value is -1.22. The fourth-order valence-electron chi connectivity index (χ4n) is 1.29. The summed E-state index contributed by atoms with van der Waals surface area (Å²) in [5.41, 5.74) is 1.50. The maximum absolute atomic E-state index is 11.0. The number of amides is 1. The molecule has 1 amide bonds. The molecule has 1 N–H and O–H groups in total. The number of hydrogen-bond acceptors (Lipinski definition) is 2. The molecule has 0 aliphatic carbocycles. The number of nitrogens with one attached hydrogen (secondary N) is 1. The van der Waals surface area contributed by atoms with Gasteiger partial charge in [-0.3, -0.25) is 4.79 Å². The summed E-state index contributed by atoms with van der Waals surface area (Å²) in [6, 6.07) is 8.44. The van der Waals surface area contributed by atoms with Gasteiger partial charge < -0.3 is 5.32 Å². The molecular weight excluding hydrogens is 230 g/mol. The molecule has 1 rings (SSSR count). The lowest BCUT2D eigenvalue weighted by molar-refractivity contribution is -0.116. The molecule has 0 bridgehead atoms. The maximum Gasteiger partial charge on any atom is 0.244 e. The fourth-order valence-corrected chi connectivity index (χ4v) is 1.93. The zero-order chi connectivity index (χ0) is 12.9. The number of thioether (sulfide) groups is 1. The normalized spacial score (nSPS) is 11.8. The van der Waals surface area contributed by atoms with Crippen LogP contribution in [0.1, 0.15) is 26.3 Å². The van der Waals surface area contributed by atoms with Crippen molar-refractivity contribution in [3.63, 3.8) is 0 Å². The Balaban J connectivity index is 2.63. The van der Waals surface area contributed by atoms with E-state index < -0.39 is 0 Å². The molecule has 17 heavy (non-hydrogen) atoms. The lowest BCUT2D eigenvalue weighted by atomic mass is 9.87. The predicted octanol–water partition coefficient (Wildman–Crippen LogP) is 3.34. The van der Waals surface area contributed by atoms with Crippen molar-refractivity contribution in [3.8, 4) is 0 Å². The smallest absolute Gasteiger partial charge is 0.244 e. The summed E-state index contributed by atoms with van der Waals surface area (Å²) in [7, 11) is 1.62. The molecule has 92 valence electrons. The van der Waals surface area contributed by atoms with E-state index >= 15 is 0 Å². The van der Waals surface area contributed by atoms with E-state index in [1.54, 1.807) is 24.2 Å². The summed E-state index contributed by atoms with van der Waals surface area (Å²) in [5.74, 6) is -0.0798. The third kappa shape index (κ3) is 4.65. The zero-order valence-corrected chi connectivity index (χ0v) is 11.6. The molecule has 3 heteroatoms. The van der Waals surface area contributed by atoms with Crippen LogP contribution in [-0.2, 0) is 10.2 Å². The lowest BCUT2D eigenvalue weighted by Crippen LogP contribution is -2.13. The van der Waals surface area contributed by atoms with Gasteiger partial charge in [0.15, 0.2) is 0 Å². The van der Waals surface area contributed by atoms with Crippen LogP contribution in [0.25, 0.3) is 0 Å². The van der Waals surface area contributed by atoms with Gasteiger partial charge in [0.1, 0.15) is 0 Å². The minimum Gasteiger partial charge on any atom is -0.356 e. The van der Waals surface area contributed by atoms with Crippen molar-refractivity contribution in [1.82, 2.24) is 5.32 Å². The Morgan fingerprint density at radius 2 is 1.82 bits per heavy atom. The van der Waals surface area contributed by atoms with Crippen LogP contribution >= 0.6 is 11.8 Å². The number of carbonyl (C=O) groups excluding carboxylic acids is 1. The van der Waals surface area contributed by atoms with E-state index in [2.05, 4.69) is 50.4 Å². The molecule has 0 aliphatic rings. The first-order valence-electron chi connectivity index (χ1n) is 5.59. The highest BCUT2D eigenvalue weighted by molar-refractivity contribution is 8.02. The van der Waals surface area contributed by atoms with E-state index in [0.29, 0.717) is 0 Å². The van der Waals surface area contributed by atoms with E-state index in [-0.39, 0.29) is 11.3 Å². The summed E-state index contributed by atoms with van der Waals surface area (Å²) in [5, 5.41) is 4.34. The standard InChI is InChI=1S/C14H19NOS/c1-14(2,3)11-5-7-12(8-6-11)17-10-9-13(16)15-4/h5-10H,1-4H3,(H,15,16)/b10-9-. The van der Waals surface area contributed by atoms with Crippen LogP contribution in [0.3, 0.4) is 0 Å². The predicted molar refractivity (Wildman–Crippen MR) is 74.2 cm³/mol. The van der Waals surface area contributed by atoms with Gasteiger partial charge in [0, 0.05) is 18.0 Å². The highest BCUT2D eigenvalue weighted by Crippen LogP contribution is 2.25. The van der Waals surface area contributed by atoms with Crippen LogP contribution in [0.5, 0.6) is 0 Å². The van der Waals surface area contributed by atoms with Crippen molar-refractivity contribution in [2.75, 3.05) is 7.05 Å². The number of benzene rings is 1. The van der Waals surface area contributed by atoms with E-state index in [1.165, 1.54) is 11.6 Å². The van der Waals surface area contributed by atoms with Crippen LogP contribution in [0.15, 0.2) is 40.6 Å². The minimum atomic E-state index is -0.0798. The van der Waals surface area contributed by atoms with Crippen LogP contribution in [0.4, 0.5) is 0 Å². The molecule has 0 aromatic heterocycles. The van der Waals surface area contributed by atoms with Crippen molar-refractivity contribution in [1.29, 1.82) is 0 Å². The third-order valence-corrected chi connectivity index (χ3v) is 3.21. The summed E-state index contributed by atoms with van der Waals surface area (Å²) in [4.78, 5) is 12.1. The monoisotopic (exact) mass is 249 g/mol. The van der Waals surface area contributed by atoms with Crippen molar-refractivity contribution < 1.29 is 4.79 Å². The Morgan fingerprint density at radius 3 is 2.29 bits per heavy atom. The molecule has 0 saturated heterocycles. The first-order chi connectivity index (χ1) is 7.93. The molecule has 0 fully saturated rings. The number of rotatable bonds is 3. The molecule has 0 unspecified atom stereocenters. The highest BCUT2D eigenvalue weighted by atomic mass is 32.2. The summed E-state index contributed by atoms with van der Waals surface area (Å²) < 4.78 is 0. The van der Waals surface area contributed by atoms with Gasteiger partial charge in [-0.15, -0.1) is 0 Å². The largest absolute Gasteiger partial charge is 0.356 e. The second kappa shape index (κ2) is 5.92. The van der Waals surface area contributed by atoms with Crippen molar-refractivity contribution in [2.45, 2.75) is 31.1 Å². The molecule has 1 aromatic carbocycles. The Labute approximate surface area is 107 Å². The molecule has 0 heterocycles. The van der Waals surface area contributed by atoms with Gasteiger partial charge in [-0.2, -0.15) is 0 Å². The van der Waals surface area contributed by atoms with Crippen molar-refractivity contribution >= 4 is 17.7 Å². The number of likely N-dealkylation sites (N-methyl/N-ethyl adjacent to an activating group) is 1. The average Bonchev–Trinajstić information content (AvgIpc) is 2.28. The molecule has 0 spiro atoms. The SMILES string of the molecule is CNC(=O)/C=C\Sc1ccc(C(C)(C)C)cc1. The summed E-state index contributed by atoms with van der Waals surface area (Å²) in [6.45, 7) is 6.59. The fraction of sp³-hybridized carbons (Fsp3) is 0.357. The second-order valence-electron chi connectivity index (χ2n) is 4.81. The molecule has 1 aromatic rings. The third-order valence-electron chi connectivity index (χ3n) is 2.39. The minimum absolute atomic E-state index is 0.0798. The van der Waals surface area contributed by atoms with Gasteiger partial charge in [-0.25, -0.2) is 0 Å². The van der Waals surface area contributed by atoms with E-state index in [4.69, 9.17) is 0 Å². The van der Waals surface area contributed by atoms with Crippen LogP contribution in [-0.4, -0.2) is 13.0 Å². The van der Waals surface area contributed by atoms with Gasteiger partial charge >= 0.3 is 0 Å². The Kier molecular flexibility index (Phi) is 4.82. The van der Waals surface area contributed by atoms with Crippen LogP contribution < -0.4 is 5.32 Å². The Morgan fingerprint density at radius 1 is 1.24 bits per heavy atom. The number of hydrogen-bond donors (Lipinski definition) is 1.